The van der Waals surface area contributed by atoms with Gasteiger partial charge in [0.2, 0.25) is 0 Å². The van der Waals surface area contributed by atoms with E-state index in [0.29, 0.717) is 5.69 Å². The molecule has 0 atom stereocenters. The molecular weight excluding hydrogens is 392 g/mol. The molecule has 0 aliphatic rings. The van der Waals surface area contributed by atoms with Gasteiger partial charge in [-0.05, 0) is 69.3 Å². The Morgan fingerprint density at radius 1 is 0.968 bits per heavy atom. The van der Waals surface area contributed by atoms with E-state index in [1.165, 1.54) is 12.1 Å². The molecule has 3 aromatic rings. The van der Waals surface area contributed by atoms with Crippen LogP contribution < -0.4 is 10.2 Å². The SMILES string of the molecule is Cc1ccc(O)c(C(=O)OCC(=O)N(c2ccc(Nc3ccccc3)cc2)C(C)C)c1. The molecule has 3 aromatic carbocycles. The summed E-state index contributed by atoms with van der Waals surface area (Å²) in [6.45, 7) is 5.16. The average molecular weight is 418 g/mol. The number of hydrogen-bond acceptors (Lipinski definition) is 5. The van der Waals surface area contributed by atoms with Crippen molar-refractivity contribution in [3.8, 4) is 5.75 Å². The molecule has 0 fully saturated rings. The number of anilines is 3. The Labute approximate surface area is 182 Å². The monoisotopic (exact) mass is 418 g/mol. The summed E-state index contributed by atoms with van der Waals surface area (Å²) in [5.74, 6) is -1.26. The fourth-order valence-corrected chi connectivity index (χ4v) is 3.21. The third-order valence-electron chi connectivity index (χ3n) is 4.69. The van der Waals surface area contributed by atoms with Crippen LogP contribution in [0.25, 0.3) is 0 Å². The van der Waals surface area contributed by atoms with Crippen molar-refractivity contribution >= 4 is 28.9 Å². The first-order chi connectivity index (χ1) is 14.8. The van der Waals surface area contributed by atoms with Crippen molar-refractivity contribution in [3.63, 3.8) is 0 Å². The summed E-state index contributed by atoms with van der Waals surface area (Å²) in [6.07, 6.45) is 0. The number of aryl methyl sites for hydroxylation is 1. The van der Waals surface area contributed by atoms with Gasteiger partial charge in [0.25, 0.3) is 5.91 Å². The number of phenols is 1. The van der Waals surface area contributed by atoms with E-state index in [0.717, 1.165) is 16.9 Å². The van der Waals surface area contributed by atoms with Crippen molar-refractivity contribution in [2.75, 3.05) is 16.8 Å². The summed E-state index contributed by atoms with van der Waals surface area (Å²) in [6, 6.07) is 21.8. The molecule has 0 unspecified atom stereocenters. The minimum atomic E-state index is -0.735. The molecule has 0 bridgehead atoms. The average Bonchev–Trinajstić information content (AvgIpc) is 2.75. The Morgan fingerprint density at radius 3 is 2.26 bits per heavy atom. The lowest BCUT2D eigenvalue weighted by Gasteiger charge is -2.27. The number of amides is 1. The van der Waals surface area contributed by atoms with Crippen molar-refractivity contribution in [1.29, 1.82) is 0 Å². The lowest BCUT2D eigenvalue weighted by molar-refractivity contribution is -0.122. The van der Waals surface area contributed by atoms with Gasteiger partial charge in [0.05, 0.1) is 0 Å². The van der Waals surface area contributed by atoms with E-state index in [1.54, 1.807) is 17.9 Å². The molecule has 160 valence electrons. The van der Waals surface area contributed by atoms with Crippen LogP contribution in [0.4, 0.5) is 17.1 Å². The molecule has 6 heteroatoms. The lowest BCUT2D eigenvalue weighted by atomic mass is 10.1. The van der Waals surface area contributed by atoms with E-state index >= 15 is 0 Å². The topological polar surface area (TPSA) is 78.9 Å². The summed E-state index contributed by atoms with van der Waals surface area (Å²) < 4.78 is 5.18. The number of nitrogens with one attached hydrogen (secondary N) is 1. The number of rotatable bonds is 7. The molecule has 0 saturated heterocycles. The quantitative estimate of drug-likeness (QED) is 0.526. The zero-order valence-corrected chi connectivity index (χ0v) is 17.8. The van der Waals surface area contributed by atoms with Crippen LogP contribution in [0.1, 0.15) is 29.8 Å². The molecule has 0 heterocycles. The van der Waals surface area contributed by atoms with Gasteiger partial charge in [-0.25, -0.2) is 4.79 Å². The zero-order valence-electron chi connectivity index (χ0n) is 17.8. The van der Waals surface area contributed by atoms with E-state index in [9.17, 15) is 14.7 Å². The normalized spacial score (nSPS) is 10.6. The summed E-state index contributed by atoms with van der Waals surface area (Å²) >= 11 is 0. The lowest BCUT2D eigenvalue weighted by Crippen LogP contribution is -2.39. The molecular formula is C25H26N2O4. The van der Waals surface area contributed by atoms with Crippen molar-refractivity contribution in [2.24, 2.45) is 0 Å². The number of hydrogen-bond donors (Lipinski definition) is 2. The predicted molar refractivity (Wildman–Crippen MR) is 122 cm³/mol. The number of esters is 1. The Morgan fingerprint density at radius 2 is 1.61 bits per heavy atom. The maximum atomic E-state index is 12.8. The fraction of sp³-hybridized carbons (Fsp3) is 0.200. The van der Waals surface area contributed by atoms with Gasteiger partial charge in [0, 0.05) is 23.1 Å². The summed E-state index contributed by atoms with van der Waals surface area (Å²) in [4.78, 5) is 26.7. The molecule has 3 rings (SSSR count). The van der Waals surface area contributed by atoms with Crippen molar-refractivity contribution in [3.05, 3.63) is 83.9 Å². The van der Waals surface area contributed by atoms with Gasteiger partial charge in [0.1, 0.15) is 11.3 Å². The van der Waals surface area contributed by atoms with Crippen LogP contribution in [0.5, 0.6) is 5.75 Å². The second-order valence-corrected chi connectivity index (χ2v) is 7.49. The highest BCUT2D eigenvalue weighted by molar-refractivity contribution is 5.98. The number of carbonyl (C=O) groups is 2. The van der Waals surface area contributed by atoms with Crippen LogP contribution in [-0.2, 0) is 9.53 Å². The molecule has 31 heavy (non-hydrogen) atoms. The van der Waals surface area contributed by atoms with Crippen molar-refractivity contribution < 1.29 is 19.4 Å². The second-order valence-electron chi connectivity index (χ2n) is 7.49. The highest BCUT2D eigenvalue weighted by atomic mass is 16.5. The van der Waals surface area contributed by atoms with Crippen LogP contribution in [-0.4, -0.2) is 29.6 Å². The largest absolute Gasteiger partial charge is 0.507 e. The first-order valence-corrected chi connectivity index (χ1v) is 10.1. The maximum Gasteiger partial charge on any atom is 0.342 e. The molecule has 0 radical (unpaired) electrons. The van der Waals surface area contributed by atoms with Crippen LogP contribution >= 0.6 is 0 Å². The smallest absolute Gasteiger partial charge is 0.342 e. The number of ether oxygens (including phenoxy) is 1. The number of benzene rings is 3. The Bertz CT molecular complexity index is 1050. The summed E-state index contributed by atoms with van der Waals surface area (Å²) in [7, 11) is 0. The molecule has 6 nitrogen and oxygen atoms in total. The molecule has 0 aliphatic heterocycles. The third kappa shape index (κ3) is 5.63. The number of carbonyl (C=O) groups excluding carboxylic acids is 2. The first-order valence-electron chi connectivity index (χ1n) is 10.1. The molecule has 1 amide bonds. The van der Waals surface area contributed by atoms with Gasteiger partial charge in [-0.3, -0.25) is 4.79 Å². The Kier molecular flexibility index (Phi) is 6.92. The van der Waals surface area contributed by atoms with E-state index < -0.39 is 12.6 Å². The van der Waals surface area contributed by atoms with Crippen LogP contribution in [0.15, 0.2) is 72.8 Å². The van der Waals surface area contributed by atoms with Gasteiger partial charge in [-0.15, -0.1) is 0 Å². The zero-order chi connectivity index (χ0) is 22.4. The Balaban J connectivity index is 1.67. The summed E-state index contributed by atoms with van der Waals surface area (Å²) in [5.41, 5.74) is 3.42. The maximum absolute atomic E-state index is 12.8. The molecule has 2 N–H and O–H groups in total. The molecule has 0 saturated carbocycles. The van der Waals surface area contributed by atoms with E-state index in [-0.39, 0.29) is 23.3 Å². The highest BCUT2D eigenvalue weighted by Crippen LogP contribution is 2.23. The molecule has 0 spiro atoms. The number of phenolic OH excluding ortho intramolecular Hbond substituents is 1. The number of para-hydroxylation sites is 1. The van der Waals surface area contributed by atoms with Gasteiger partial charge in [-0.2, -0.15) is 0 Å². The standard InChI is InChI=1S/C25H26N2O4/c1-17(2)27(21-12-10-20(11-13-21)26-19-7-5-4-6-8-19)24(29)16-31-25(30)22-15-18(3)9-14-23(22)28/h4-15,17,26,28H,16H2,1-3H3. The van der Waals surface area contributed by atoms with Gasteiger partial charge >= 0.3 is 5.97 Å². The van der Waals surface area contributed by atoms with Crippen LogP contribution in [0.2, 0.25) is 0 Å². The molecule has 0 aromatic heterocycles. The van der Waals surface area contributed by atoms with Crippen molar-refractivity contribution in [1.82, 2.24) is 0 Å². The fourth-order valence-electron chi connectivity index (χ4n) is 3.21. The van der Waals surface area contributed by atoms with Gasteiger partial charge in [0.15, 0.2) is 6.61 Å². The van der Waals surface area contributed by atoms with Crippen LogP contribution in [0, 0.1) is 6.92 Å². The minimum Gasteiger partial charge on any atom is -0.507 e. The number of aromatic hydroxyl groups is 1. The van der Waals surface area contributed by atoms with Gasteiger partial charge < -0.3 is 20.1 Å². The highest BCUT2D eigenvalue weighted by Gasteiger charge is 2.22. The van der Waals surface area contributed by atoms with Crippen molar-refractivity contribution in [2.45, 2.75) is 26.8 Å². The van der Waals surface area contributed by atoms with Crippen LogP contribution in [0.3, 0.4) is 0 Å². The number of nitrogens with zero attached hydrogens (tertiary/aromatic N) is 1. The van der Waals surface area contributed by atoms with Gasteiger partial charge in [-0.1, -0.05) is 29.8 Å². The summed E-state index contributed by atoms with van der Waals surface area (Å²) in [5, 5.41) is 13.2. The minimum absolute atomic E-state index is 0.0419. The third-order valence-corrected chi connectivity index (χ3v) is 4.69. The second kappa shape index (κ2) is 9.80. The Hall–Kier alpha value is -3.80. The van der Waals surface area contributed by atoms with E-state index in [4.69, 9.17) is 4.74 Å². The molecule has 0 aliphatic carbocycles. The van der Waals surface area contributed by atoms with E-state index in [2.05, 4.69) is 5.32 Å². The first kappa shape index (κ1) is 21.9. The predicted octanol–water partition coefficient (Wildman–Crippen LogP) is 5.04. The van der Waals surface area contributed by atoms with E-state index in [1.807, 2.05) is 68.4 Å².